The number of anilines is 2. The molecular weight excluding hydrogens is 273 g/mol. The molecule has 1 rings (SSSR count). The predicted octanol–water partition coefficient (Wildman–Crippen LogP) is 2.25. The van der Waals surface area contributed by atoms with Gasteiger partial charge in [-0.3, -0.25) is 10.2 Å². The number of benzene rings is 1. The van der Waals surface area contributed by atoms with Gasteiger partial charge in [0.2, 0.25) is 11.6 Å². The van der Waals surface area contributed by atoms with Crippen molar-refractivity contribution in [2.75, 3.05) is 10.7 Å². The summed E-state index contributed by atoms with van der Waals surface area (Å²) < 4.78 is 13.6. The number of halogens is 2. The first-order valence-corrected chi connectivity index (χ1v) is 5.26. The number of amides is 1. The summed E-state index contributed by atoms with van der Waals surface area (Å²) in [6, 6.07) is 5.38. The highest BCUT2D eigenvalue weighted by molar-refractivity contribution is 6.34. The lowest BCUT2D eigenvalue weighted by molar-refractivity contribution is -0.114. The molecule has 1 aromatic rings. The molecule has 0 fully saturated rings. The third-order valence-corrected chi connectivity index (χ3v) is 2.15. The minimum absolute atomic E-state index is 0.0386. The van der Waals surface area contributed by atoms with Gasteiger partial charge < -0.3 is 5.32 Å². The smallest absolute Gasteiger partial charge is 0.237 e. The Morgan fingerprint density at radius 1 is 1.42 bits per heavy atom. The zero-order chi connectivity index (χ0) is 14.4. The lowest BCUT2D eigenvalue weighted by Crippen LogP contribution is -2.08. The minimum Gasteiger partial charge on any atom is -0.323 e. The molecule has 0 heterocycles. The molecule has 0 unspecified atom stereocenters. The third kappa shape index (κ3) is 3.95. The van der Waals surface area contributed by atoms with Gasteiger partial charge in [-0.1, -0.05) is 11.6 Å². The van der Waals surface area contributed by atoms with Crippen LogP contribution in [0.5, 0.6) is 0 Å². The van der Waals surface area contributed by atoms with Crippen molar-refractivity contribution in [3.05, 3.63) is 23.0 Å². The van der Waals surface area contributed by atoms with Crippen LogP contribution >= 0.6 is 11.6 Å². The molecule has 0 atom stereocenters. The van der Waals surface area contributed by atoms with Crippen LogP contribution in [0, 0.1) is 28.5 Å². The topological polar surface area (TPSA) is 101 Å². The van der Waals surface area contributed by atoms with Gasteiger partial charge >= 0.3 is 0 Å². The molecule has 0 bridgehead atoms. The number of nitriles is 2. The van der Waals surface area contributed by atoms with E-state index in [9.17, 15) is 9.18 Å². The van der Waals surface area contributed by atoms with Crippen LogP contribution in [-0.4, -0.2) is 11.6 Å². The van der Waals surface area contributed by atoms with E-state index in [0.717, 1.165) is 6.07 Å². The number of nitrogens with one attached hydrogen (secondary N) is 2. The van der Waals surface area contributed by atoms with E-state index in [1.807, 2.05) is 0 Å². The van der Waals surface area contributed by atoms with Crippen LogP contribution in [0.3, 0.4) is 0 Å². The lowest BCUT2D eigenvalue weighted by atomic mass is 10.2. The van der Waals surface area contributed by atoms with Crippen molar-refractivity contribution >= 4 is 34.6 Å². The van der Waals surface area contributed by atoms with Crippen molar-refractivity contribution in [1.29, 1.82) is 10.5 Å². The standard InChI is InChI=1S/C11H7ClFN5O/c1-6(19)16-11-9(12)2-7(3-10(11)13)17-18-8(4-14)5-15/h2-3,17H,1H3,(H,16,19). The summed E-state index contributed by atoms with van der Waals surface area (Å²) in [5, 5.41) is 22.6. The molecule has 0 saturated heterocycles. The highest BCUT2D eigenvalue weighted by Crippen LogP contribution is 2.29. The molecule has 0 aliphatic heterocycles. The number of carbonyl (C=O) groups excluding carboxylic acids is 1. The van der Waals surface area contributed by atoms with Crippen molar-refractivity contribution in [3.8, 4) is 12.1 Å². The molecule has 8 heteroatoms. The molecule has 0 aliphatic rings. The molecule has 0 aliphatic carbocycles. The Hall–Kier alpha value is -2.64. The molecule has 0 spiro atoms. The first-order chi connectivity index (χ1) is 8.97. The quantitative estimate of drug-likeness (QED) is 0.654. The fraction of sp³-hybridized carbons (Fsp3) is 0.0909. The lowest BCUT2D eigenvalue weighted by Gasteiger charge is -2.08. The minimum atomic E-state index is -0.768. The van der Waals surface area contributed by atoms with Crippen LogP contribution in [0.25, 0.3) is 0 Å². The van der Waals surface area contributed by atoms with E-state index in [0.29, 0.717) is 0 Å². The van der Waals surface area contributed by atoms with Crippen LogP contribution in [-0.2, 0) is 4.79 Å². The molecule has 0 radical (unpaired) electrons. The second-order valence-corrected chi connectivity index (χ2v) is 3.70. The third-order valence-electron chi connectivity index (χ3n) is 1.85. The predicted molar refractivity (Wildman–Crippen MR) is 68.0 cm³/mol. The zero-order valence-electron chi connectivity index (χ0n) is 9.66. The molecular formula is C11H7ClFN5O. The fourth-order valence-corrected chi connectivity index (χ4v) is 1.38. The van der Waals surface area contributed by atoms with Gasteiger partial charge in [0.25, 0.3) is 0 Å². The Kier molecular flexibility index (Phi) is 4.81. The van der Waals surface area contributed by atoms with E-state index in [-0.39, 0.29) is 16.4 Å². The van der Waals surface area contributed by atoms with Crippen molar-refractivity contribution in [2.45, 2.75) is 6.92 Å². The molecule has 19 heavy (non-hydrogen) atoms. The molecule has 0 aromatic heterocycles. The normalized spacial score (nSPS) is 8.89. The molecule has 6 nitrogen and oxygen atoms in total. The van der Waals surface area contributed by atoms with Gasteiger partial charge in [-0.15, -0.1) is 0 Å². The average molecular weight is 280 g/mol. The van der Waals surface area contributed by atoms with Crippen LogP contribution in [0.2, 0.25) is 5.02 Å². The second kappa shape index (κ2) is 6.34. The number of carbonyl (C=O) groups is 1. The highest BCUT2D eigenvalue weighted by atomic mass is 35.5. The van der Waals surface area contributed by atoms with Crippen molar-refractivity contribution < 1.29 is 9.18 Å². The van der Waals surface area contributed by atoms with E-state index in [4.69, 9.17) is 22.1 Å². The van der Waals surface area contributed by atoms with Gasteiger partial charge in [-0.2, -0.15) is 15.6 Å². The molecule has 0 saturated carbocycles. The molecule has 1 amide bonds. The highest BCUT2D eigenvalue weighted by Gasteiger charge is 2.11. The van der Waals surface area contributed by atoms with Gasteiger partial charge in [-0.25, -0.2) is 4.39 Å². The van der Waals surface area contributed by atoms with E-state index >= 15 is 0 Å². The van der Waals surface area contributed by atoms with Crippen LogP contribution in [0.1, 0.15) is 6.92 Å². The Balaban J connectivity index is 3.03. The Morgan fingerprint density at radius 2 is 2.05 bits per heavy atom. The van der Waals surface area contributed by atoms with Gasteiger partial charge in [-0.05, 0) is 6.07 Å². The second-order valence-electron chi connectivity index (χ2n) is 3.29. The maximum atomic E-state index is 13.6. The van der Waals surface area contributed by atoms with Gasteiger partial charge in [0.15, 0.2) is 0 Å². The van der Waals surface area contributed by atoms with Crippen molar-refractivity contribution in [3.63, 3.8) is 0 Å². The van der Waals surface area contributed by atoms with Gasteiger partial charge in [0, 0.05) is 13.0 Å². The van der Waals surface area contributed by atoms with E-state index in [1.165, 1.54) is 25.1 Å². The Labute approximate surface area is 113 Å². The fourth-order valence-electron chi connectivity index (χ4n) is 1.13. The average Bonchev–Trinajstić information content (AvgIpc) is 2.35. The summed E-state index contributed by atoms with van der Waals surface area (Å²) in [7, 11) is 0. The molecule has 96 valence electrons. The molecule has 2 N–H and O–H groups in total. The van der Waals surface area contributed by atoms with Crippen molar-refractivity contribution in [1.82, 2.24) is 0 Å². The van der Waals surface area contributed by atoms with E-state index in [2.05, 4.69) is 15.8 Å². The van der Waals surface area contributed by atoms with E-state index in [1.54, 1.807) is 0 Å². The first kappa shape index (κ1) is 14.4. The van der Waals surface area contributed by atoms with Gasteiger partial charge in [0.1, 0.15) is 18.0 Å². The van der Waals surface area contributed by atoms with Crippen molar-refractivity contribution in [2.24, 2.45) is 5.10 Å². The van der Waals surface area contributed by atoms with Crippen LogP contribution in [0.15, 0.2) is 17.2 Å². The Bertz CT molecular complexity index is 590. The van der Waals surface area contributed by atoms with Crippen LogP contribution < -0.4 is 10.7 Å². The first-order valence-electron chi connectivity index (χ1n) is 4.88. The molecule has 1 aromatic carbocycles. The SMILES string of the molecule is CC(=O)Nc1c(F)cc(NN=C(C#N)C#N)cc1Cl. The number of hydrogen-bond donors (Lipinski definition) is 2. The van der Waals surface area contributed by atoms with Gasteiger partial charge in [0.05, 0.1) is 16.4 Å². The summed E-state index contributed by atoms with van der Waals surface area (Å²) in [5.74, 6) is -1.23. The summed E-state index contributed by atoms with van der Waals surface area (Å²) >= 11 is 5.79. The number of hydrazone groups is 1. The van der Waals surface area contributed by atoms with E-state index < -0.39 is 17.4 Å². The largest absolute Gasteiger partial charge is 0.323 e. The number of hydrogen-bond acceptors (Lipinski definition) is 5. The summed E-state index contributed by atoms with van der Waals surface area (Å²) in [5.41, 5.74) is 1.89. The zero-order valence-corrected chi connectivity index (χ0v) is 10.4. The number of rotatable bonds is 3. The summed E-state index contributed by atoms with van der Waals surface area (Å²) in [6.45, 7) is 1.22. The maximum Gasteiger partial charge on any atom is 0.237 e. The number of nitrogens with zero attached hydrogens (tertiary/aromatic N) is 3. The monoisotopic (exact) mass is 279 g/mol. The Morgan fingerprint density at radius 3 is 2.53 bits per heavy atom. The maximum absolute atomic E-state index is 13.6. The van der Waals surface area contributed by atoms with Crippen LogP contribution in [0.4, 0.5) is 15.8 Å². The summed E-state index contributed by atoms with van der Waals surface area (Å²) in [4.78, 5) is 10.8. The summed E-state index contributed by atoms with van der Waals surface area (Å²) in [6.07, 6.45) is 0.